The number of alkyl halides is 2. The van der Waals surface area contributed by atoms with Crippen LogP contribution in [-0.2, 0) is 15.5 Å². The van der Waals surface area contributed by atoms with Gasteiger partial charge in [-0.15, -0.1) is 27.6 Å². The Morgan fingerprint density at radius 3 is 2.19 bits per heavy atom. The van der Waals surface area contributed by atoms with Crippen LogP contribution in [-0.4, -0.2) is 22.4 Å². The van der Waals surface area contributed by atoms with E-state index in [1.807, 2.05) is 6.26 Å². The lowest BCUT2D eigenvalue weighted by Gasteiger charge is -2.11. The van der Waals surface area contributed by atoms with Crippen LogP contribution < -0.4 is 10.6 Å². The molecule has 0 spiro atoms. The zero-order valence-corrected chi connectivity index (χ0v) is 23.5. The van der Waals surface area contributed by atoms with Crippen LogP contribution in [0.25, 0.3) is 0 Å². The molecule has 1 saturated carbocycles. The highest BCUT2D eigenvalue weighted by atomic mass is 35.5. The first-order valence-corrected chi connectivity index (χ1v) is 14.1. The molecule has 6 nitrogen and oxygen atoms in total. The molecule has 0 radical (unpaired) electrons. The van der Waals surface area contributed by atoms with Crippen LogP contribution in [0.4, 0.5) is 11.4 Å². The predicted molar refractivity (Wildman–Crippen MR) is 151 cm³/mol. The highest BCUT2D eigenvalue weighted by Crippen LogP contribution is 2.65. The molecule has 3 aromatic rings. The molecule has 0 aromatic heterocycles. The van der Waals surface area contributed by atoms with Crippen molar-refractivity contribution in [3.8, 4) is 6.19 Å². The maximum Gasteiger partial charge on any atom is 0.257 e. The number of halogens is 5. The van der Waals surface area contributed by atoms with Crippen molar-refractivity contribution in [2.45, 2.75) is 15.1 Å². The quantitative estimate of drug-likeness (QED) is 0.220. The first-order valence-electron chi connectivity index (χ1n) is 10.6. The summed E-state index contributed by atoms with van der Waals surface area (Å²) in [6.07, 6.45) is 3.61. The maximum absolute atomic E-state index is 13.0. The van der Waals surface area contributed by atoms with E-state index in [9.17, 15) is 9.59 Å². The van der Waals surface area contributed by atoms with E-state index in [0.29, 0.717) is 27.0 Å². The lowest BCUT2D eigenvalue weighted by atomic mass is 10.1. The number of nitrogens with one attached hydrogen (secondary N) is 2. The third kappa shape index (κ3) is 6.23. The Bertz CT molecular complexity index is 1450. The average Bonchev–Trinajstić information content (AvgIpc) is 3.42. The molecule has 12 heteroatoms. The standard InChI is InChI=1S/C25H17Cl5N4O2S/c1-37(32-12-31)18-5-2-16(3-6-18)33-23(35)19-11-17(4-7-20(19)28)34-24(36)22-21(25(22,29)30)13-8-14(26)10-15(27)9-13/h2-11,21-22H,1H3,(H,33,35)(H,34,36)/t21-,22+,37?/m0/s1. The number of benzene rings is 3. The second kappa shape index (κ2) is 11.2. The zero-order chi connectivity index (χ0) is 26.9. The van der Waals surface area contributed by atoms with E-state index >= 15 is 0 Å². The van der Waals surface area contributed by atoms with Crippen LogP contribution in [0, 0.1) is 17.4 Å². The summed E-state index contributed by atoms with van der Waals surface area (Å²) in [6.45, 7) is 0. The van der Waals surface area contributed by atoms with Gasteiger partial charge in [-0.1, -0.05) is 45.5 Å². The van der Waals surface area contributed by atoms with Crippen molar-refractivity contribution >= 4 is 91.9 Å². The van der Waals surface area contributed by atoms with Gasteiger partial charge in [0.2, 0.25) is 12.1 Å². The fourth-order valence-corrected chi connectivity index (χ4v) is 6.20. The first kappa shape index (κ1) is 27.7. The molecule has 1 fully saturated rings. The van der Waals surface area contributed by atoms with E-state index in [2.05, 4.69) is 15.0 Å². The van der Waals surface area contributed by atoms with Crippen molar-refractivity contribution in [2.24, 2.45) is 10.3 Å². The zero-order valence-electron chi connectivity index (χ0n) is 18.9. The van der Waals surface area contributed by atoms with Gasteiger partial charge in [0, 0.05) is 32.2 Å². The molecule has 3 atom stereocenters. The number of carbonyl (C=O) groups excluding carboxylic acids is 2. The van der Waals surface area contributed by atoms with Gasteiger partial charge >= 0.3 is 0 Å². The normalized spacial score (nSPS) is 18.5. The van der Waals surface area contributed by atoms with Crippen molar-refractivity contribution in [1.82, 2.24) is 0 Å². The fourth-order valence-electron chi connectivity index (χ4n) is 3.87. The van der Waals surface area contributed by atoms with Crippen LogP contribution in [0.1, 0.15) is 21.8 Å². The Morgan fingerprint density at radius 2 is 1.57 bits per heavy atom. The number of nitriles is 1. The molecule has 3 aromatic carbocycles. The minimum absolute atomic E-state index is 0.162. The summed E-state index contributed by atoms with van der Waals surface area (Å²) in [7, 11) is -0.567. The summed E-state index contributed by atoms with van der Waals surface area (Å²) < 4.78 is 2.46. The van der Waals surface area contributed by atoms with Crippen LogP contribution in [0.2, 0.25) is 15.1 Å². The monoisotopic (exact) mass is 612 g/mol. The summed E-state index contributed by atoms with van der Waals surface area (Å²) in [4.78, 5) is 26.8. The third-order valence-electron chi connectivity index (χ3n) is 5.69. The summed E-state index contributed by atoms with van der Waals surface area (Å²) >= 11 is 31.3. The summed E-state index contributed by atoms with van der Waals surface area (Å²) in [6, 6.07) is 16.4. The van der Waals surface area contributed by atoms with Crippen molar-refractivity contribution in [1.29, 1.82) is 5.26 Å². The predicted octanol–water partition coefficient (Wildman–Crippen LogP) is 7.70. The van der Waals surface area contributed by atoms with E-state index in [1.165, 1.54) is 12.1 Å². The molecule has 0 saturated heterocycles. The van der Waals surface area contributed by atoms with Gasteiger partial charge in [-0.25, -0.2) is 0 Å². The third-order valence-corrected chi connectivity index (χ3v) is 8.71. The van der Waals surface area contributed by atoms with E-state index in [1.54, 1.807) is 54.7 Å². The van der Waals surface area contributed by atoms with Crippen molar-refractivity contribution in [2.75, 3.05) is 16.9 Å². The lowest BCUT2D eigenvalue weighted by Crippen LogP contribution is -2.18. The summed E-state index contributed by atoms with van der Waals surface area (Å²) in [5.74, 6) is -2.15. The highest BCUT2D eigenvalue weighted by Gasteiger charge is 2.67. The van der Waals surface area contributed by atoms with Crippen LogP contribution in [0.3, 0.4) is 0 Å². The molecule has 2 amide bonds. The Balaban J connectivity index is 1.48. The molecule has 1 aliphatic carbocycles. The number of carbonyl (C=O) groups is 2. The largest absolute Gasteiger partial charge is 0.326 e. The van der Waals surface area contributed by atoms with Crippen molar-refractivity contribution in [3.63, 3.8) is 0 Å². The highest BCUT2D eigenvalue weighted by molar-refractivity contribution is 7.86. The van der Waals surface area contributed by atoms with E-state index < -0.39 is 38.7 Å². The molecule has 1 aliphatic rings. The number of rotatable bonds is 6. The minimum atomic E-state index is -1.34. The van der Waals surface area contributed by atoms with Gasteiger partial charge in [-0.3, -0.25) is 9.59 Å². The lowest BCUT2D eigenvalue weighted by molar-refractivity contribution is -0.117. The van der Waals surface area contributed by atoms with Crippen LogP contribution in [0.5, 0.6) is 0 Å². The molecule has 0 bridgehead atoms. The van der Waals surface area contributed by atoms with E-state index in [-0.39, 0.29) is 10.6 Å². The Morgan fingerprint density at radius 1 is 0.946 bits per heavy atom. The number of hydrogen-bond donors (Lipinski definition) is 2. The van der Waals surface area contributed by atoms with Crippen molar-refractivity contribution in [3.05, 3.63) is 86.9 Å². The number of amides is 2. The van der Waals surface area contributed by atoms with E-state index in [0.717, 1.165) is 4.90 Å². The second-order valence-corrected chi connectivity index (χ2v) is 12.5. The van der Waals surface area contributed by atoms with Gasteiger partial charge in [0.1, 0.15) is 4.33 Å². The molecule has 1 unspecified atom stereocenters. The summed E-state index contributed by atoms with van der Waals surface area (Å²) in [5.41, 5.74) is 1.70. The maximum atomic E-state index is 13.0. The molecular weight excluding hydrogens is 598 g/mol. The second-order valence-electron chi connectivity index (χ2n) is 8.16. The molecule has 4 rings (SSSR count). The number of anilines is 2. The smallest absolute Gasteiger partial charge is 0.257 e. The molecule has 37 heavy (non-hydrogen) atoms. The molecule has 2 N–H and O–H groups in total. The van der Waals surface area contributed by atoms with Gasteiger partial charge in [-0.05, 0) is 72.5 Å². The molecule has 0 aliphatic heterocycles. The fraction of sp³-hybridized carbons (Fsp3) is 0.160. The average molecular weight is 615 g/mol. The minimum Gasteiger partial charge on any atom is -0.326 e. The van der Waals surface area contributed by atoms with Crippen LogP contribution in [0.15, 0.2) is 69.9 Å². The van der Waals surface area contributed by atoms with Gasteiger partial charge in [0.05, 0.1) is 16.5 Å². The number of hydrogen-bond acceptors (Lipinski definition) is 4. The van der Waals surface area contributed by atoms with Crippen molar-refractivity contribution < 1.29 is 9.59 Å². The topological polar surface area (TPSA) is 94.3 Å². The Labute approximate surface area is 240 Å². The van der Waals surface area contributed by atoms with Gasteiger partial charge in [-0.2, -0.15) is 5.26 Å². The van der Waals surface area contributed by atoms with Gasteiger partial charge < -0.3 is 10.6 Å². The SMILES string of the molecule is CS(=NC#N)c1ccc(NC(=O)c2cc(NC(=O)[C@H]3[C@H](c4cc(Cl)cc(Cl)c4)C3(Cl)Cl)ccc2Cl)cc1. The first-order chi connectivity index (χ1) is 17.5. The van der Waals surface area contributed by atoms with Gasteiger partial charge in [0.15, 0.2) is 0 Å². The molecule has 190 valence electrons. The number of nitrogens with zero attached hydrogens (tertiary/aromatic N) is 2. The van der Waals surface area contributed by atoms with Crippen LogP contribution >= 0.6 is 58.0 Å². The van der Waals surface area contributed by atoms with E-state index in [4.69, 9.17) is 63.3 Å². The summed E-state index contributed by atoms with van der Waals surface area (Å²) in [5, 5.41) is 15.3. The Hall–Kier alpha value is -2.31. The Kier molecular flexibility index (Phi) is 8.39. The molecular formula is C25H17Cl5N4O2S. The molecule has 0 heterocycles. The van der Waals surface area contributed by atoms with Gasteiger partial charge in [0.25, 0.3) is 5.91 Å².